The number of ketones is 1. The number of halogens is 2. The third-order valence-electron chi connectivity index (χ3n) is 3.48. The van der Waals surface area contributed by atoms with Gasteiger partial charge in [-0.2, -0.15) is 5.26 Å². The first-order valence-corrected chi connectivity index (χ1v) is 7.54. The van der Waals surface area contributed by atoms with E-state index in [1.807, 2.05) is 30.3 Å². The van der Waals surface area contributed by atoms with E-state index in [2.05, 4.69) is 4.98 Å². The number of carbonyl (C=O) groups is 1. The molecule has 23 heavy (non-hydrogen) atoms. The van der Waals surface area contributed by atoms with E-state index in [1.165, 1.54) is 6.08 Å². The van der Waals surface area contributed by atoms with Crippen molar-refractivity contribution in [1.82, 2.24) is 4.98 Å². The molecule has 0 bridgehead atoms. The van der Waals surface area contributed by atoms with E-state index < -0.39 is 0 Å². The molecule has 0 aliphatic heterocycles. The van der Waals surface area contributed by atoms with Gasteiger partial charge < -0.3 is 4.98 Å². The standard InChI is InChI=1S/C18H10Cl2N2O/c19-15-6-3-4-11(17(15)20)8-12(9-21)18(23)14-10-22-16-7-2-1-5-13(14)16/h1-8,10,22H. The summed E-state index contributed by atoms with van der Waals surface area (Å²) >= 11 is 12.1. The van der Waals surface area contributed by atoms with Crippen molar-refractivity contribution < 1.29 is 4.79 Å². The van der Waals surface area contributed by atoms with Gasteiger partial charge in [0.15, 0.2) is 0 Å². The molecule has 0 unspecified atom stereocenters. The molecule has 0 saturated heterocycles. The average molecular weight is 341 g/mol. The smallest absolute Gasteiger partial charge is 0.205 e. The highest BCUT2D eigenvalue weighted by atomic mass is 35.5. The van der Waals surface area contributed by atoms with Crippen LogP contribution < -0.4 is 0 Å². The Hall–Kier alpha value is -2.54. The zero-order valence-electron chi connectivity index (χ0n) is 11.8. The van der Waals surface area contributed by atoms with Crippen LogP contribution in [0.5, 0.6) is 0 Å². The molecule has 3 rings (SSSR count). The summed E-state index contributed by atoms with van der Waals surface area (Å²) in [5, 5.41) is 10.8. The Labute approximate surface area is 142 Å². The van der Waals surface area contributed by atoms with Crippen molar-refractivity contribution in [2.75, 3.05) is 0 Å². The monoisotopic (exact) mass is 340 g/mol. The van der Waals surface area contributed by atoms with Crippen molar-refractivity contribution in [2.45, 2.75) is 0 Å². The fourth-order valence-corrected chi connectivity index (χ4v) is 2.70. The predicted octanol–water partition coefficient (Wildman–Crippen LogP) is 5.26. The molecule has 5 heteroatoms. The van der Waals surface area contributed by atoms with Gasteiger partial charge in [0.1, 0.15) is 11.6 Å². The van der Waals surface area contributed by atoms with Gasteiger partial charge in [-0.25, -0.2) is 0 Å². The summed E-state index contributed by atoms with van der Waals surface area (Å²) in [5.41, 5.74) is 1.82. The van der Waals surface area contributed by atoms with Crippen LogP contribution in [0.15, 0.2) is 54.2 Å². The average Bonchev–Trinajstić information content (AvgIpc) is 2.99. The minimum atomic E-state index is -0.360. The van der Waals surface area contributed by atoms with Crippen molar-refractivity contribution >= 4 is 46.0 Å². The molecule has 0 amide bonds. The Morgan fingerprint density at radius 2 is 1.91 bits per heavy atom. The van der Waals surface area contributed by atoms with Gasteiger partial charge >= 0.3 is 0 Å². The summed E-state index contributed by atoms with van der Waals surface area (Å²) < 4.78 is 0. The number of fused-ring (bicyclic) bond motifs is 1. The number of allylic oxidation sites excluding steroid dienone is 1. The van der Waals surface area contributed by atoms with Crippen LogP contribution in [0.25, 0.3) is 17.0 Å². The lowest BCUT2D eigenvalue weighted by Gasteiger charge is -2.02. The number of nitriles is 1. The van der Waals surface area contributed by atoms with E-state index >= 15 is 0 Å². The molecule has 112 valence electrons. The molecule has 1 heterocycles. The van der Waals surface area contributed by atoms with Crippen LogP contribution in [0.4, 0.5) is 0 Å². The van der Waals surface area contributed by atoms with Gasteiger partial charge in [0.2, 0.25) is 5.78 Å². The number of rotatable bonds is 3. The summed E-state index contributed by atoms with van der Waals surface area (Å²) in [6, 6.07) is 14.4. The molecular weight excluding hydrogens is 331 g/mol. The van der Waals surface area contributed by atoms with Gasteiger partial charge in [-0.15, -0.1) is 0 Å². The second kappa shape index (κ2) is 6.29. The molecule has 0 fully saturated rings. The molecule has 0 atom stereocenters. The Bertz CT molecular complexity index is 980. The molecule has 0 aliphatic carbocycles. The zero-order chi connectivity index (χ0) is 16.4. The van der Waals surface area contributed by atoms with E-state index in [0.29, 0.717) is 21.2 Å². The highest BCUT2D eigenvalue weighted by Gasteiger charge is 2.17. The van der Waals surface area contributed by atoms with Gasteiger partial charge in [0.25, 0.3) is 0 Å². The van der Waals surface area contributed by atoms with Crippen LogP contribution in [0.3, 0.4) is 0 Å². The first kappa shape index (κ1) is 15.4. The number of hydrogen-bond acceptors (Lipinski definition) is 2. The van der Waals surface area contributed by atoms with Gasteiger partial charge in [-0.1, -0.05) is 53.5 Å². The predicted molar refractivity (Wildman–Crippen MR) is 92.7 cm³/mol. The fourth-order valence-electron chi connectivity index (χ4n) is 2.34. The van der Waals surface area contributed by atoms with Gasteiger partial charge in [-0.3, -0.25) is 4.79 Å². The van der Waals surface area contributed by atoms with Crippen molar-refractivity contribution in [3.8, 4) is 6.07 Å². The molecule has 3 nitrogen and oxygen atoms in total. The maximum absolute atomic E-state index is 12.7. The molecule has 2 aromatic carbocycles. The minimum absolute atomic E-state index is 0.00100. The quantitative estimate of drug-likeness (QED) is 0.401. The minimum Gasteiger partial charge on any atom is -0.360 e. The Morgan fingerprint density at radius 3 is 2.70 bits per heavy atom. The third kappa shape index (κ3) is 2.87. The largest absolute Gasteiger partial charge is 0.360 e. The Kier molecular flexibility index (Phi) is 4.20. The lowest BCUT2D eigenvalue weighted by Crippen LogP contribution is -2.01. The number of para-hydroxylation sites is 1. The number of aromatic nitrogens is 1. The molecule has 0 radical (unpaired) electrons. The highest BCUT2D eigenvalue weighted by molar-refractivity contribution is 6.43. The summed E-state index contributed by atoms with van der Waals surface area (Å²) in [6.45, 7) is 0. The SMILES string of the molecule is N#CC(=Cc1cccc(Cl)c1Cl)C(=O)c1c[nH]c2ccccc12. The van der Waals surface area contributed by atoms with E-state index in [1.54, 1.807) is 24.4 Å². The third-order valence-corrected chi connectivity index (χ3v) is 4.31. The van der Waals surface area contributed by atoms with Gasteiger partial charge in [0.05, 0.1) is 10.0 Å². The van der Waals surface area contributed by atoms with Crippen molar-refractivity contribution in [3.63, 3.8) is 0 Å². The molecule has 1 N–H and O–H groups in total. The molecule has 0 saturated carbocycles. The number of hydrogen-bond donors (Lipinski definition) is 1. The van der Waals surface area contributed by atoms with E-state index in [4.69, 9.17) is 23.2 Å². The van der Waals surface area contributed by atoms with Crippen LogP contribution in [-0.2, 0) is 0 Å². The maximum Gasteiger partial charge on any atom is 0.205 e. The van der Waals surface area contributed by atoms with Gasteiger partial charge in [0, 0.05) is 22.7 Å². The summed E-state index contributed by atoms with van der Waals surface area (Å²) in [6.07, 6.45) is 3.07. The van der Waals surface area contributed by atoms with Crippen molar-refractivity contribution in [2.24, 2.45) is 0 Å². The lowest BCUT2D eigenvalue weighted by molar-refractivity contribution is 0.104. The Morgan fingerprint density at radius 1 is 1.13 bits per heavy atom. The number of carbonyl (C=O) groups excluding carboxylic acids is 1. The number of aromatic amines is 1. The Balaban J connectivity index is 2.08. The summed E-state index contributed by atoms with van der Waals surface area (Å²) in [7, 11) is 0. The van der Waals surface area contributed by atoms with Crippen molar-refractivity contribution in [1.29, 1.82) is 5.26 Å². The highest BCUT2D eigenvalue weighted by Crippen LogP contribution is 2.28. The maximum atomic E-state index is 12.7. The lowest BCUT2D eigenvalue weighted by atomic mass is 10.0. The molecule has 0 spiro atoms. The first-order chi connectivity index (χ1) is 11.1. The molecule has 1 aromatic heterocycles. The van der Waals surface area contributed by atoms with Crippen LogP contribution in [0.1, 0.15) is 15.9 Å². The number of nitrogens with zero attached hydrogens (tertiary/aromatic N) is 1. The summed E-state index contributed by atoms with van der Waals surface area (Å²) in [4.78, 5) is 15.7. The topological polar surface area (TPSA) is 56.6 Å². The number of benzene rings is 2. The fraction of sp³-hybridized carbons (Fsp3) is 0. The molecule has 0 aliphatic rings. The molecular formula is C18H10Cl2N2O. The van der Waals surface area contributed by atoms with E-state index in [-0.39, 0.29) is 11.4 Å². The zero-order valence-corrected chi connectivity index (χ0v) is 13.3. The number of Topliss-reactive ketones (excluding diaryl/α,β-unsaturated/α-hetero) is 1. The van der Waals surface area contributed by atoms with Crippen LogP contribution >= 0.6 is 23.2 Å². The van der Waals surface area contributed by atoms with Gasteiger partial charge in [-0.05, 0) is 23.8 Å². The van der Waals surface area contributed by atoms with E-state index in [9.17, 15) is 10.1 Å². The number of nitrogens with one attached hydrogen (secondary N) is 1. The normalized spacial score (nSPS) is 11.4. The van der Waals surface area contributed by atoms with Crippen LogP contribution in [0, 0.1) is 11.3 Å². The second-order valence-electron chi connectivity index (χ2n) is 4.89. The molecule has 3 aromatic rings. The second-order valence-corrected chi connectivity index (χ2v) is 5.68. The van der Waals surface area contributed by atoms with Crippen LogP contribution in [-0.4, -0.2) is 10.8 Å². The summed E-state index contributed by atoms with van der Waals surface area (Å²) in [5.74, 6) is -0.360. The van der Waals surface area contributed by atoms with Crippen molar-refractivity contribution in [3.05, 3.63) is 75.4 Å². The van der Waals surface area contributed by atoms with Crippen LogP contribution in [0.2, 0.25) is 10.0 Å². The first-order valence-electron chi connectivity index (χ1n) is 6.78. The van der Waals surface area contributed by atoms with E-state index in [0.717, 1.165) is 10.9 Å². The number of H-pyrrole nitrogens is 1.